The smallest absolute Gasteiger partial charge is 0.247 e. The first-order valence-corrected chi connectivity index (χ1v) is 9.40. The third-order valence-corrected chi connectivity index (χ3v) is 4.61. The molecule has 0 heterocycles. The number of amides is 2. The first kappa shape index (κ1) is 20.1. The summed E-state index contributed by atoms with van der Waals surface area (Å²) < 4.78 is 5.17. The molecule has 0 spiro atoms. The minimum atomic E-state index is -0.198. The molecule has 29 heavy (non-hydrogen) atoms. The highest BCUT2D eigenvalue weighted by atomic mass is 16.5. The molecule has 3 aromatic carbocycles. The van der Waals surface area contributed by atoms with Crippen molar-refractivity contribution in [1.29, 1.82) is 0 Å². The van der Waals surface area contributed by atoms with Gasteiger partial charge in [0.25, 0.3) is 0 Å². The number of methoxy groups -OCH3 is 1. The van der Waals surface area contributed by atoms with Crippen LogP contribution >= 0.6 is 0 Å². The van der Waals surface area contributed by atoms with Crippen LogP contribution in [0.4, 0.5) is 11.4 Å². The molecule has 0 aliphatic carbocycles. The lowest BCUT2D eigenvalue weighted by atomic mass is 10.2. The van der Waals surface area contributed by atoms with Gasteiger partial charge in [0.1, 0.15) is 12.3 Å². The lowest BCUT2D eigenvalue weighted by Crippen LogP contribution is -2.42. The van der Waals surface area contributed by atoms with E-state index in [2.05, 4.69) is 0 Å². The zero-order valence-corrected chi connectivity index (χ0v) is 16.6. The molecular formula is C24H24N2O3. The van der Waals surface area contributed by atoms with Gasteiger partial charge in [-0.3, -0.25) is 9.59 Å². The van der Waals surface area contributed by atoms with Crippen LogP contribution in [-0.2, 0) is 16.1 Å². The van der Waals surface area contributed by atoms with Crippen molar-refractivity contribution >= 4 is 23.2 Å². The number of hydrogen-bond acceptors (Lipinski definition) is 3. The summed E-state index contributed by atoms with van der Waals surface area (Å²) in [5, 5.41) is 0. The third kappa shape index (κ3) is 5.23. The van der Waals surface area contributed by atoms with Crippen molar-refractivity contribution in [3.63, 3.8) is 0 Å². The molecule has 0 aromatic heterocycles. The SMILES string of the molecule is COc1ccc(N(CC(=O)N(Cc2ccccc2)c2ccccc2)C(C)=O)cc1. The summed E-state index contributed by atoms with van der Waals surface area (Å²) in [6.07, 6.45) is 0. The summed E-state index contributed by atoms with van der Waals surface area (Å²) in [4.78, 5) is 28.7. The van der Waals surface area contributed by atoms with Crippen molar-refractivity contribution < 1.29 is 14.3 Å². The summed E-state index contributed by atoms with van der Waals surface area (Å²) >= 11 is 0. The number of benzene rings is 3. The Kier molecular flexibility index (Phi) is 6.63. The van der Waals surface area contributed by atoms with E-state index in [0.29, 0.717) is 18.0 Å². The standard InChI is InChI=1S/C24H24N2O3/c1-19(27)25(22-13-15-23(29-2)16-14-22)18-24(28)26(21-11-7-4-8-12-21)17-20-9-5-3-6-10-20/h3-16H,17-18H2,1-2H3. The fourth-order valence-corrected chi connectivity index (χ4v) is 3.06. The van der Waals surface area contributed by atoms with E-state index in [0.717, 1.165) is 11.3 Å². The lowest BCUT2D eigenvalue weighted by molar-refractivity contribution is -0.121. The molecule has 0 saturated heterocycles. The molecule has 3 aromatic rings. The maximum atomic E-state index is 13.3. The van der Waals surface area contributed by atoms with Gasteiger partial charge in [0, 0.05) is 18.3 Å². The first-order chi connectivity index (χ1) is 14.1. The second kappa shape index (κ2) is 9.55. The molecule has 0 radical (unpaired) electrons. The highest BCUT2D eigenvalue weighted by Gasteiger charge is 2.22. The van der Waals surface area contributed by atoms with Gasteiger partial charge in [-0.1, -0.05) is 48.5 Å². The normalized spacial score (nSPS) is 10.3. The van der Waals surface area contributed by atoms with E-state index in [1.807, 2.05) is 60.7 Å². The molecule has 0 N–H and O–H groups in total. The maximum absolute atomic E-state index is 13.3. The Balaban J connectivity index is 1.86. The summed E-state index contributed by atoms with van der Waals surface area (Å²) in [5.41, 5.74) is 2.46. The number of hydrogen-bond donors (Lipinski definition) is 0. The molecule has 0 aliphatic heterocycles. The first-order valence-electron chi connectivity index (χ1n) is 9.40. The van der Waals surface area contributed by atoms with Gasteiger partial charge in [0.05, 0.1) is 13.7 Å². The summed E-state index contributed by atoms with van der Waals surface area (Å²) in [5.74, 6) is 0.334. The van der Waals surface area contributed by atoms with Crippen LogP contribution in [0.25, 0.3) is 0 Å². The zero-order chi connectivity index (χ0) is 20.6. The van der Waals surface area contributed by atoms with E-state index in [1.165, 1.54) is 11.8 Å². The maximum Gasteiger partial charge on any atom is 0.247 e. The number of para-hydroxylation sites is 1. The molecule has 5 heteroatoms. The van der Waals surface area contributed by atoms with Gasteiger partial charge in [-0.25, -0.2) is 0 Å². The minimum Gasteiger partial charge on any atom is -0.497 e. The van der Waals surface area contributed by atoms with Crippen LogP contribution in [0, 0.1) is 0 Å². The molecule has 0 bridgehead atoms. The van der Waals surface area contributed by atoms with Gasteiger partial charge in [-0.2, -0.15) is 0 Å². The molecule has 3 rings (SSSR count). The fourth-order valence-electron chi connectivity index (χ4n) is 3.06. The number of rotatable bonds is 7. The predicted octanol–water partition coefficient (Wildman–Crippen LogP) is 4.28. The summed E-state index contributed by atoms with van der Waals surface area (Å²) in [7, 11) is 1.59. The summed E-state index contributed by atoms with van der Waals surface area (Å²) in [6, 6.07) is 26.4. The monoisotopic (exact) mass is 388 g/mol. The van der Waals surface area contributed by atoms with Crippen molar-refractivity contribution in [3.05, 3.63) is 90.5 Å². The number of ether oxygens (including phenoxy) is 1. The molecule has 0 fully saturated rings. The van der Waals surface area contributed by atoms with Gasteiger partial charge < -0.3 is 14.5 Å². The van der Waals surface area contributed by atoms with Crippen LogP contribution in [0.2, 0.25) is 0 Å². The number of nitrogens with zero attached hydrogens (tertiary/aromatic N) is 2. The van der Waals surface area contributed by atoms with E-state index in [1.54, 1.807) is 36.3 Å². The predicted molar refractivity (Wildman–Crippen MR) is 115 cm³/mol. The van der Waals surface area contributed by atoms with E-state index >= 15 is 0 Å². The molecule has 0 atom stereocenters. The minimum absolute atomic E-state index is 0.0522. The van der Waals surface area contributed by atoms with Crippen LogP contribution < -0.4 is 14.5 Å². The van der Waals surface area contributed by atoms with Crippen LogP contribution in [0.3, 0.4) is 0 Å². The Morgan fingerprint density at radius 2 is 1.31 bits per heavy atom. The average Bonchev–Trinajstić information content (AvgIpc) is 2.77. The molecule has 0 saturated carbocycles. The van der Waals surface area contributed by atoms with Crippen molar-refractivity contribution in [2.24, 2.45) is 0 Å². The lowest BCUT2D eigenvalue weighted by Gasteiger charge is -2.27. The van der Waals surface area contributed by atoms with Crippen molar-refractivity contribution in [2.75, 3.05) is 23.5 Å². The van der Waals surface area contributed by atoms with Gasteiger partial charge in [0.2, 0.25) is 11.8 Å². The van der Waals surface area contributed by atoms with Gasteiger partial charge in [0.15, 0.2) is 0 Å². The zero-order valence-electron chi connectivity index (χ0n) is 16.6. The largest absolute Gasteiger partial charge is 0.497 e. The fraction of sp³-hybridized carbons (Fsp3) is 0.167. The Labute approximate surface area is 171 Å². The number of carbonyl (C=O) groups is 2. The Bertz CT molecular complexity index is 941. The highest BCUT2D eigenvalue weighted by Crippen LogP contribution is 2.22. The molecule has 5 nitrogen and oxygen atoms in total. The van der Waals surface area contributed by atoms with Gasteiger partial charge in [-0.05, 0) is 42.0 Å². The van der Waals surface area contributed by atoms with Crippen LogP contribution in [-0.4, -0.2) is 25.5 Å². The Morgan fingerprint density at radius 3 is 1.86 bits per heavy atom. The van der Waals surface area contributed by atoms with Crippen LogP contribution in [0.1, 0.15) is 12.5 Å². The van der Waals surface area contributed by atoms with E-state index in [9.17, 15) is 9.59 Å². The number of carbonyl (C=O) groups excluding carboxylic acids is 2. The average molecular weight is 388 g/mol. The molecule has 2 amide bonds. The third-order valence-electron chi connectivity index (χ3n) is 4.61. The van der Waals surface area contributed by atoms with Crippen LogP contribution in [0.5, 0.6) is 5.75 Å². The molecule has 0 unspecified atom stereocenters. The van der Waals surface area contributed by atoms with E-state index in [4.69, 9.17) is 4.74 Å². The Hall–Kier alpha value is -3.60. The van der Waals surface area contributed by atoms with Crippen molar-refractivity contribution in [3.8, 4) is 5.75 Å². The van der Waals surface area contributed by atoms with Gasteiger partial charge >= 0.3 is 0 Å². The molecule has 148 valence electrons. The second-order valence-corrected chi connectivity index (χ2v) is 6.60. The van der Waals surface area contributed by atoms with E-state index < -0.39 is 0 Å². The number of anilines is 2. The molecular weight excluding hydrogens is 364 g/mol. The van der Waals surface area contributed by atoms with Crippen molar-refractivity contribution in [1.82, 2.24) is 0 Å². The van der Waals surface area contributed by atoms with Gasteiger partial charge in [-0.15, -0.1) is 0 Å². The second-order valence-electron chi connectivity index (χ2n) is 6.60. The Morgan fingerprint density at radius 1 is 0.759 bits per heavy atom. The van der Waals surface area contributed by atoms with Crippen LogP contribution in [0.15, 0.2) is 84.9 Å². The summed E-state index contributed by atoms with van der Waals surface area (Å²) in [6.45, 7) is 1.84. The van der Waals surface area contributed by atoms with E-state index in [-0.39, 0.29) is 18.4 Å². The molecule has 0 aliphatic rings. The highest BCUT2D eigenvalue weighted by molar-refractivity contribution is 6.03. The topological polar surface area (TPSA) is 49.9 Å². The quantitative estimate of drug-likeness (QED) is 0.607. The van der Waals surface area contributed by atoms with Crippen molar-refractivity contribution in [2.45, 2.75) is 13.5 Å².